The Hall–Kier alpha value is -2.58. The minimum atomic E-state index is -0.232. The molecule has 0 bridgehead atoms. The van der Waals surface area contributed by atoms with Gasteiger partial charge in [0.15, 0.2) is 4.34 Å². The number of rotatable bonds is 7. The minimum absolute atomic E-state index is 0.128. The van der Waals surface area contributed by atoms with Crippen molar-refractivity contribution in [2.24, 2.45) is 5.10 Å². The molecule has 27 heavy (non-hydrogen) atoms. The van der Waals surface area contributed by atoms with E-state index in [9.17, 15) is 9.90 Å². The molecule has 8 heteroatoms. The van der Waals surface area contributed by atoms with Gasteiger partial charge in [0, 0.05) is 5.56 Å². The summed E-state index contributed by atoms with van der Waals surface area (Å²) in [6, 6.07) is 12.6. The third-order valence-corrected chi connectivity index (χ3v) is 5.78. The average molecular weight is 402 g/mol. The van der Waals surface area contributed by atoms with E-state index in [1.807, 2.05) is 25.1 Å². The molecule has 1 heterocycles. The molecular formula is C19H19N3O3S2. The lowest BCUT2D eigenvalue weighted by Crippen LogP contribution is -2.21. The first kappa shape index (κ1) is 19.2. The zero-order valence-corrected chi connectivity index (χ0v) is 16.6. The van der Waals surface area contributed by atoms with Crippen LogP contribution < -0.4 is 10.2 Å². The Morgan fingerprint density at radius 3 is 2.93 bits per heavy atom. The fourth-order valence-corrected chi connectivity index (χ4v) is 4.24. The van der Waals surface area contributed by atoms with E-state index in [0.29, 0.717) is 17.9 Å². The number of aromatic nitrogens is 1. The summed E-state index contributed by atoms with van der Waals surface area (Å²) in [5.41, 5.74) is 4.52. The number of benzene rings is 2. The standard InChI is InChI=1S/C19H19N3O3S2/c1-3-25-13-8-9-15-17(10-13)27-19(20-15)26-11-18(24)22-21-12(2)14-6-4-5-7-16(14)23/h4-10,23H,3,11H2,1-2H3,(H,22,24)/b21-12-. The van der Waals surface area contributed by atoms with Crippen LogP contribution in [0.1, 0.15) is 19.4 Å². The predicted octanol–water partition coefficient (Wildman–Crippen LogP) is 4.03. The van der Waals surface area contributed by atoms with Gasteiger partial charge in [0.1, 0.15) is 11.5 Å². The van der Waals surface area contributed by atoms with E-state index in [1.54, 1.807) is 31.2 Å². The molecular weight excluding hydrogens is 382 g/mol. The van der Waals surface area contributed by atoms with Gasteiger partial charge in [0.2, 0.25) is 0 Å². The molecule has 1 aromatic heterocycles. The normalized spacial score (nSPS) is 11.6. The molecule has 2 aromatic carbocycles. The van der Waals surface area contributed by atoms with Crippen molar-refractivity contribution in [2.75, 3.05) is 12.4 Å². The van der Waals surface area contributed by atoms with Gasteiger partial charge in [0.25, 0.3) is 5.91 Å². The van der Waals surface area contributed by atoms with Crippen LogP contribution >= 0.6 is 23.1 Å². The fraction of sp³-hybridized carbons (Fsp3) is 0.211. The van der Waals surface area contributed by atoms with Crippen LogP contribution in [0.2, 0.25) is 0 Å². The number of hydrogen-bond acceptors (Lipinski definition) is 7. The molecule has 0 aliphatic heterocycles. The summed E-state index contributed by atoms with van der Waals surface area (Å²) in [6.07, 6.45) is 0. The van der Waals surface area contributed by atoms with Gasteiger partial charge in [0.05, 0.1) is 28.3 Å². The summed E-state index contributed by atoms with van der Waals surface area (Å²) in [5.74, 6) is 0.916. The Kier molecular flexibility index (Phi) is 6.31. The molecule has 0 unspecified atom stereocenters. The van der Waals surface area contributed by atoms with Gasteiger partial charge in [-0.15, -0.1) is 11.3 Å². The molecule has 6 nitrogen and oxygen atoms in total. The summed E-state index contributed by atoms with van der Waals surface area (Å²) >= 11 is 2.89. The van der Waals surface area contributed by atoms with Crippen molar-refractivity contribution < 1.29 is 14.6 Å². The van der Waals surface area contributed by atoms with Gasteiger partial charge in [-0.25, -0.2) is 10.4 Å². The number of nitrogens with one attached hydrogen (secondary N) is 1. The Morgan fingerprint density at radius 1 is 1.33 bits per heavy atom. The van der Waals surface area contributed by atoms with E-state index < -0.39 is 0 Å². The maximum Gasteiger partial charge on any atom is 0.250 e. The molecule has 0 aliphatic carbocycles. The topological polar surface area (TPSA) is 83.8 Å². The molecule has 0 radical (unpaired) electrons. The van der Waals surface area contributed by atoms with Gasteiger partial charge in [-0.3, -0.25) is 4.79 Å². The van der Waals surface area contributed by atoms with Crippen LogP contribution in [-0.4, -0.2) is 34.1 Å². The van der Waals surface area contributed by atoms with Crippen LogP contribution in [0.15, 0.2) is 51.9 Å². The Morgan fingerprint density at radius 2 is 2.15 bits per heavy atom. The third kappa shape index (κ3) is 4.99. The van der Waals surface area contributed by atoms with E-state index in [1.165, 1.54) is 23.1 Å². The first-order valence-electron chi connectivity index (χ1n) is 8.34. The monoisotopic (exact) mass is 401 g/mol. The SMILES string of the molecule is CCOc1ccc2nc(SCC(=O)N/N=C(/C)c3ccccc3O)sc2c1. The van der Waals surface area contributed by atoms with Crippen LogP contribution in [0.25, 0.3) is 10.2 Å². The quantitative estimate of drug-likeness (QED) is 0.355. The lowest BCUT2D eigenvalue weighted by atomic mass is 10.1. The molecule has 0 spiro atoms. The highest BCUT2D eigenvalue weighted by Crippen LogP contribution is 2.31. The smallest absolute Gasteiger partial charge is 0.250 e. The molecule has 3 rings (SSSR count). The number of carbonyl (C=O) groups excluding carboxylic acids is 1. The van der Waals surface area contributed by atoms with Crippen LogP contribution in [0.5, 0.6) is 11.5 Å². The number of hydrogen-bond donors (Lipinski definition) is 2. The number of thioether (sulfide) groups is 1. The molecule has 0 atom stereocenters. The zero-order valence-electron chi connectivity index (χ0n) is 14.9. The molecule has 1 amide bonds. The molecule has 2 N–H and O–H groups in total. The van der Waals surface area contributed by atoms with Gasteiger partial charge in [-0.2, -0.15) is 5.10 Å². The number of phenolic OH excluding ortho intramolecular Hbond substituents is 1. The van der Waals surface area contributed by atoms with Crippen molar-refractivity contribution in [1.82, 2.24) is 10.4 Å². The summed E-state index contributed by atoms with van der Waals surface area (Å²) in [6.45, 7) is 4.29. The molecule has 0 aliphatic rings. The number of nitrogens with zero attached hydrogens (tertiary/aromatic N) is 2. The number of para-hydroxylation sites is 1. The van der Waals surface area contributed by atoms with Crippen molar-refractivity contribution in [2.45, 2.75) is 18.2 Å². The van der Waals surface area contributed by atoms with Crippen LogP contribution in [0.4, 0.5) is 0 Å². The number of fused-ring (bicyclic) bond motifs is 1. The average Bonchev–Trinajstić information content (AvgIpc) is 3.07. The van der Waals surface area contributed by atoms with Crippen LogP contribution in [0, 0.1) is 0 Å². The second kappa shape index (κ2) is 8.88. The summed E-state index contributed by atoms with van der Waals surface area (Å²) in [7, 11) is 0. The third-order valence-electron chi connectivity index (χ3n) is 3.62. The van der Waals surface area contributed by atoms with Crippen LogP contribution in [0.3, 0.4) is 0 Å². The van der Waals surface area contributed by atoms with Crippen molar-refractivity contribution in [1.29, 1.82) is 0 Å². The highest BCUT2D eigenvalue weighted by Gasteiger charge is 2.09. The number of carbonyl (C=O) groups is 1. The summed E-state index contributed by atoms with van der Waals surface area (Å²) in [5, 5.41) is 13.9. The zero-order chi connectivity index (χ0) is 19.2. The maximum atomic E-state index is 12.0. The number of hydrazone groups is 1. The van der Waals surface area contributed by atoms with Crippen molar-refractivity contribution >= 4 is 44.9 Å². The number of phenols is 1. The van der Waals surface area contributed by atoms with E-state index in [2.05, 4.69) is 15.5 Å². The van der Waals surface area contributed by atoms with Crippen molar-refractivity contribution in [3.63, 3.8) is 0 Å². The second-order valence-electron chi connectivity index (χ2n) is 5.58. The predicted molar refractivity (Wildman–Crippen MR) is 110 cm³/mol. The molecule has 0 fully saturated rings. The van der Waals surface area contributed by atoms with Crippen molar-refractivity contribution in [3.8, 4) is 11.5 Å². The molecule has 140 valence electrons. The van der Waals surface area contributed by atoms with E-state index in [-0.39, 0.29) is 17.4 Å². The van der Waals surface area contributed by atoms with Gasteiger partial charge in [-0.05, 0) is 44.2 Å². The molecule has 3 aromatic rings. The van der Waals surface area contributed by atoms with E-state index in [4.69, 9.17) is 4.74 Å². The minimum Gasteiger partial charge on any atom is -0.507 e. The van der Waals surface area contributed by atoms with Gasteiger partial charge in [-0.1, -0.05) is 23.9 Å². The lowest BCUT2D eigenvalue weighted by Gasteiger charge is -2.04. The fourth-order valence-electron chi connectivity index (χ4n) is 2.35. The molecule has 0 saturated heterocycles. The number of thiazole rings is 1. The van der Waals surface area contributed by atoms with E-state index in [0.717, 1.165) is 20.3 Å². The first-order valence-corrected chi connectivity index (χ1v) is 10.1. The Labute approximate surface area is 165 Å². The van der Waals surface area contributed by atoms with Gasteiger partial charge < -0.3 is 9.84 Å². The number of ether oxygens (including phenoxy) is 1. The highest BCUT2D eigenvalue weighted by molar-refractivity contribution is 8.01. The number of aromatic hydroxyl groups is 1. The summed E-state index contributed by atoms with van der Waals surface area (Å²) in [4.78, 5) is 16.6. The Balaban J connectivity index is 1.58. The molecule has 0 saturated carbocycles. The Bertz CT molecular complexity index is 985. The largest absolute Gasteiger partial charge is 0.507 e. The lowest BCUT2D eigenvalue weighted by molar-refractivity contribution is -0.118. The van der Waals surface area contributed by atoms with Gasteiger partial charge >= 0.3 is 0 Å². The number of amides is 1. The second-order valence-corrected chi connectivity index (χ2v) is 7.83. The maximum absolute atomic E-state index is 12.0. The summed E-state index contributed by atoms with van der Waals surface area (Å²) < 4.78 is 7.34. The van der Waals surface area contributed by atoms with Crippen molar-refractivity contribution in [3.05, 3.63) is 48.0 Å². The highest BCUT2D eigenvalue weighted by atomic mass is 32.2. The van der Waals surface area contributed by atoms with Crippen LogP contribution in [-0.2, 0) is 4.79 Å². The first-order chi connectivity index (χ1) is 13.1. The van der Waals surface area contributed by atoms with E-state index >= 15 is 0 Å².